The molecular formula is C25H35NO2. The highest BCUT2D eigenvalue weighted by Crippen LogP contribution is 2.18. The summed E-state index contributed by atoms with van der Waals surface area (Å²) in [6.45, 7) is 10.6. The van der Waals surface area contributed by atoms with Crippen LogP contribution in [0.5, 0.6) is 5.75 Å². The number of nitrogens with zero attached hydrogens (tertiary/aromatic N) is 1. The molecule has 0 saturated carbocycles. The minimum atomic E-state index is 0.278. The molecule has 3 rings (SSSR count). The molecule has 0 radical (unpaired) electrons. The third kappa shape index (κ3) is 6.70. The van der Waals surface area contributed by atoms with Gasteiger partial charge in [0.15, 0.2) is 0 Å². The Hall–Kier alpha value is -2.29. The number of amides is 1. The first kappa shape index (κ1) is 22.0. The molecule has 2 aromatic rings. The van der Waals surface area contributed by atoms with Crippen molar-refractivity contribution in [3.63, 3.8) is 0 Å². The Morgan fingerprint density at radius 3 is 1.75 bits per heavy atom. The quantitative estimate of drug-likeness (QED) is 0.656. The summed E-state index contributed by atoms with van der Waals surface area (Å²) in [5, 5.41) is 0. The van der Waals surface area contributed by atoms with E-state index in [9.17, 15) is 4.79 Å². The van der Waals surface area contributed by atoms with Gasteiger partial charge in [-0.1, -0.05) is 64.1 Å². The van der Waals surface area contributed by atoms with Crippen LogP contribution < -0.4 is 4.74 Å². The highest BCUT2D eigenvalue weighted by Gasteiger charge is 2.17. The van der Waals surface area contributed by atoms with Crippen molar-refractivity contribution in [2.75, 3.05) is 20.2 Å². The van der Waals surface area contributed by atoms with E-state index >= 15 is 0 Å². The average molecular weight is 382 g/mol. The molecule has 3 nitrogen and oxygen atoms in total. The molecule has 28 heavy (non-hydrogen) atoms. The zero-order chi connectivity index (χ0) is 20.5. The molecule has 1 amide bonds. The van der Waals surface area contributed by atoms with Gasteiger partial charge in [-0.25, -0.2) is 0 Å². The number of benzene rings is 2. The van der Waals surface area contributed by atoms with Gasteiger partial charge >= 0.3 is 0 Å². The van der Waals surface area contributed by atoms with E-state index in [2.05, 4.69) is 64.1 Å². The molecule has 0 N–H and O–H groups in total. The fourth-order valence-electron chi connectivity index (χ4n) is 3.26. The van der Waals surface area contributed by atoms with Gasteiger partial charge in [-0.05, 0) is 53.5 Å². The maximum Gasteiger partial charge on any atom is 0.226 e. The maximum atomic E-state index is 12.0. The number of methoxy groups -OCH3 is 1. The van der Waals surface area contributed by atoms with Gasteiger partial charge in [0.1, 0.15) is 5.75 Å². The zero-order valence-corrected chi connectivity index (χ0v) is 18.1. The van der Waals surface area contributed by atoms with Crippen LogP contribution in [0.4, 0.5) is 0 Å². The van der Waals surface area contributed by atoms with Crippen molar-refractivity contribution in [2.45, 2.75) is 58.8 Å². The Morgan fingerprint density at radius 2 is 1.32 bits per heavy atom. The fourth-order valence-corrected chi connectivity index (χ4v) is 3.26. The van der Waals surface area contributed by atoms with Crippen LogP contribution >= 0.6 is 0 Å². The number of carbonyl (C=O) groups is 1. The third-order valence-electron chi connectivity index (χ3n) is 5.24. The Morgan fingerprint density at radius 1 is 0.857 bits per heavy atom. The average Bonchev–Trinajstić information content (AvgIpc) is 3.24. The summed E-state index contributed by atoms with van der Waals surface area (Å²) >= 11 is 0. The molecule has 1 aliphatic heterocycles. The molecule has 1 aliphatic rings. The van der Waals surface area contributed by atoms with E-state index < -0.39 is 0 Å². The molecule has 1 saturated heterocycles. The van der Waals surface area contributed by atoms with Gasteiger partial charge < -0.3 is 9.64 Å². The molecule has 1 heterocycles. The van der Waals surface area contributed by atoms with Crippen molar-refractivity contribution >= 4 is 5.91 Å². The molecule has 0 aromatic heterocycles. The molecular weight excluding hydrogens is 346 g/mol. The van der Waals surface area contributed by atoms with Gasteiger partial charge in [-0.3, -0.25) is 4.79 Å². The number of rotatable bonds is 5. The van der Waals surface area contributed by atoms with Crippen molar-refractivity contribution < 1.29 is 9.53 Å². The minimum Gasteiger partial charge on any atom is -0.497 e. The Balaban J connectivity index is 0.000000221. The van der Waals surface area contributed by atoms with Crippen LogP contribution in [0.1, 0.15) is 69.1 Å². The summed E-state index contributed by atoms with van der Waals surface area (Å²) in [5.41, 5.74) is 3.82. The monoisotopic (exact) mass is 381 g/mol. The molecule has 152 valence electrons. The lowest BCUT2D eigenvalue weighted by Crippen LogP contribution is -2.29. The molecule has 2 aromatic carbocycles. The highest BCUT2D eigenvalue weighted by atomic mass is 16.5. The van der Waals surface area contributed by atoms with Crippen LogP contribution in [-0.2, 0) is 11.2 Å². The predicted octanol–water partition coefficient (Wildman–Crippen LogP) is 5.79. The topological polar surface area (TPSA) is 29.5 Å². The van der Waals surface area contributed by atoms with E-state index in [1.807, 2.05) is 17.0 Å². The minimum absolute atomic E-state index is 0.278. The molecule has 0 aliphatic carbocycles. The molecule has 0 unspecified atom stereocenters. The van der Waals surface area contributed by atoms with E-state index in [0.717, 1.165) is 37.2 Å². The molecule has 1 fully saturated rings. The van der Waals surface area contributed by atoms with Gasteiger partial charge in [-0.2, -0.15) is 0 Å². The first-order valence-electron chi connectivity index (χ1n) is 10.4. The smallest absolute Gasteiger partial charge is 0.226 e. The van der Waals surface area contributed by atoms with Crippen LogP contribution in [0.25, 0.3) is 0 Å². The van der Waals surface area contributed by atoms with Crippen LogP contribution in [0, 0.1) is 0 Å². The third-order valence-corrected chi connectivity index (χ3v) is 5.24. The summed E-state index contributed by atoms with van der Waals surface area (Å²) in [6.07, 6.45) is 2.88. The van der Waals surface area contributed by atoms with Crippen LogP contribution in [0.3, 0.4) is 0 Å². The number of ether oxygens (including phenoxy) is 1. The number of hydrogen-bond donors (Lipinski definition) is 0. The molecule has 0 spiro atoms. The second-order valence-corrected chi connectivity index (χ2v) is 8.09. The Kier molecular flexibility index (Phi) is 8.56. The van der Waals surface area contributed by atoms with Gasteiger partial charge in [-0.15, -0.1) is 0 Å². The molecule has 3 heteroatoms. The molecule has 0 bridgehead atoms. The van der Waals surface area contributed by atoms with Crippen molar-refractivity contribution in [3.05, 3.63) is 65.2 Å². The lowest BCUT2D eigenvalue weighted by atomic mass is 10.0. The van der Waals surface area contributed by atoms with Crippen LogP contribution in [-0.4, -0.2) is 31.0 Å². The van der Waals surface area contributed by atoms with Crippen molar-refractivity contribution in [2.24, 2.45) is 0 Å². The number of hydrogen-bond acceptors (Lipinski definition) is 2. The first-order valence-corrected chi connectivity index (χ1v) is 10.4. The summed E-state index contributed by atoms with van der Waals surface area (Å²) in [6, 6.07) is 16.6. The van der Waals surface area contributed by atoms with Gasteiger partial charge in [0.05, 0.1) is 13.5 Å². The molecule has 0 atom stereocenters. The van der Waals surface area contributed by atoms with E-state index in [-0.39, 0.29) is 5.91 Å². The van der Waals surface area contributed by atoms with Crippen molar-refractivity contribution in [3.8, 4) is 5.75 Å². The normalized spacial score (nSPS) is 13.5. The number of likely N-dealkylation sites (tertiary alicyclic amines) is 1. The van der Waals surface area contributed by atoms with Crippen molar-refractivity contribution in [1.29, 1.82) is 0 Å². The second-order valence-electron chi connectivity index (χ2n) is 8.09. The fraction of sp³-hybridized carbons (Fsp3) is 0.480. The van der Waals surface area contributed by atoms with E-state index in [4.69, 9.17) is 4.74 Å². The van der Waals surface area contributed by atoms with Gasteiger partial charge in [0.2, 0.25) is 5.91 Å². The first-order chi connectivity index (χ1) is 13.4. The van der Waals surface area contributed by atoms with E-state index in [1.54, 1.807) is 7.11 Å². The summed E-state index contributed by atoms with van der Waals surface area (Å²) in [7, 11) is 1.68. The number of carbonyl (C=O) groups excluding carboxylic acids is 1. The summed E-state index contributed by atoms with van der Waals surface area (Å²) in [4.78, 5) is 13.9. The van der Waals surface area contributed by atoms with E-state index in [0.29, 0.717) is 18.3 Å². The van der Waals surface area contributed by atoms with Gasteiger partial charge in [0, 0.05) is 13.1 Å². The van der Waals surface area contributed by atoms with Crippen molar-refractivity contribution in [1.82, 2.24) is 4.90 Å². The summed E-state index contributed by atoms with van der Waals surface area (Å²) in [5.74, 6) is 2.36. The Labute approximate surface area is 170 Å². The van der Waals surface area contributed by atoms with Crippen LogP contribution in [0.2, 0.25) is 0 Å². The summed E-state index contributed by atoms with van der Waals surface area (Å²) < 4.78 is 5.05. The highest BCUT2D eigenvalue weighted by molar-refractivity contribution is 5.79. The van der Waals surface area contributed by atoms with Gasteiger partial charge in [0.25, 0.3) is 0 Å². The second kappa shape index (κ2) is 10.9. The van der Waals surface area contributed by atoms with E-state index in [1.165, 1.54) is 11.1 Å². The lowest BCUT2D eigenvalue weighted by molar-refractivity contribution is -0.129. The Bertz CT molecular complexity index is 711. The lowest BCUT2D eigenvalue weighted by Gasteiger charge is -2.15. The zero-order valence-electron chi connectivity index (χ0n) is 18.1. The standard InChI is InChI=1S/C15H21NO.C10H14O/c1-12(2)14-7-5-13(6-8-14)11-15(17)16-9-3-4-10-16;1-8(2)9-4-6-10(11-3)7-5-9/h5-8,12H,3-4,9-11H2,1-2H3;4-8H,1-3H3. The SMILES string of the molecule is CC(C)c1ccc(CC(=O)N2CCCC2)cc1.COc1ccc(C(C)C)cc1. The predicted molar refractivity (Wildman–Crippen MR) is 117 cm³/mol. The largest absolute Gasteiger partial charge is 0.497 e. The maximum absolute atomic E-state index is 12.0. The van der Waals surface area contributed by atoms with Crippen LogP contribution in [0.15, 0.2) is 48.5 Å².